The Bertz CT molecular complexity index is 1020. The molecule has 0 fully saturated rings. The second kappa shape index (κ2) is 9.67. The molecule has 0 aliphatic carbocycles. The Hall–Kier alpha value is -3.00. The van der Waals surface area contributed by atoms with Gasteiger partial charge in [0, 0.05) is 18.0 Å². The van der Waals surface area contributed by atoms with Crippen molar-refractivity contribution < 1.29 is 14.3 Å². The SMILES string of the molecule is CCc1ccc(N(C(C)=O)c2nc(COC(=O)CCn3nc(C)cc3C)cs2)cc1. The van der Waals surface area contributed by atoms with Crippen molar-refractivity contribution in [3.05, 3.63) is 58.4 Å². The van der Waals surface area contributed by atoms with Crippen LogP contribution < -0.4 is 4.90 Å². The fraction of sp³-hybridized carbons (Fsp3) is 0.364. The van der Waals surface area contributed by atoms with E-state index in [-0.39, 0.29) is 24.9 Å². The number of nitrogens with zero attached hydrogens (tertiary/aromatic N) is 4. The average molecular weight is 427 g/mol. The third-order valence-corrected chi connectivity index (χ3v) is 5.54. The van der Waals surface area contributed by atoms with Gasteiger partial charge in [0.2, 0.25) is 5.91 Å². The number of thiazole rings is 1. The molecule has 0 bridgehead atoms. The minimum atomic E-state index is -0.310. The molecule has 0 saturated heterocycles. The number of ether oxygens (including phenoxy) is 1. The number of rotatable bonds is 8. The summed E-state index contributed by atoms with van der Waals surface area (Å²) in [5.74, 6) is -0.433. The molecule has 3 rings (SSSR count). The van der Waals surface area contributed by atoms with E-state index in [4.69, 9.17) is 4.74 Å². The lowest BCUT2D eigenvalue weighted by atomic mass is 10.1. The van der Waals surface area contributed by atoms with E-state index < -0.39 is 0 Å². The molecule has 30 heavy (non-hydrogen) atoms. The smallest absolute Gasteiger partial charge is 0.308 e. The first-order valence-corrected chi connectivity index (χ1v) is 10.8. The Morgan fingerprint density at radius 2 is 1.93 bits per heavy atom. The monoisotopic (exact) mass is 426 g/mol. The number of aromatic nitrogens is 3. The van der Waals surface area contributed by atoms with Crippen LogP contribution in [0.5, 0.6) is 0 Å². The highest BCUT2D eigenvalue weighted by Gasteiger charge is 2.18. The minimum Gasteiger partial charge on any atom is -0.459 e. The zero-order valence-electron chi connectivity index (χ0n) is 17.7. The van der Waals surface area contributed by atoms with E-state index in [1.165, 1.54) is 23.8 Å². The largest absolute Gasteiger partial charge is 0.459 e. The van der Waals surface area contributed by atoms with Crippen molar-refractivity contribution in [3.8, 4) is 0 Å². The second-order valence-corrected chi connectivity index (χ2v) is 7.89. The van der Waals surface area contributed by atoms with Gasteiger partial charge in [-0.3, -0.25) is 19.2 Å². The number of esters is 1. The molecule has 2 aromatic heterocycles. The molecule has 2 heterocycles. The lowest BCUT2D eigenvalue weighted by Crippen LogP contribution is -2.22. The molecule has 1 amide bonds. The van der Waals surface area contributed by atoms with Crippen LogP contribution >= 0.6 is 11.3 Å². The van der Waals surface area contributed by atoms with Crippen LogP contribution in [-0.4, -0.2) is 26.6 Å². The molecular weight excluding hydrogens is 400 g/mol. The number of anilines is 2. The average Bonchev–Trinajstić information content (AvgIpc) is 3.31. The van der Waals surface area contributed by atoms with Gasteiger partial charge < -0.3 is 4.74 Å². The number of hydrogen-bond acceptors (Lipinski definition) is 6. The summed E-state index contributed by atoms with van der Waals surface area (Å²) in [5, 5.41) is 6.70. The highest BCUT2D eigenvalue weighted by Crippen LogP contribution is 2.29. The van der Waals surface area contributed by atoms with Crippen LogP contribution in [0.3, 0.4) is 0 Å². The molecule has 0 aliphatic heterocycles. The number of hydrogen-bond donors (Lipinski definition) is 0. The summed E-state index contributed by atoms with van der Waals surface area (Å²) < 4.78 is 7.14. The van der Waals surface area contributed by atoms with E-state index >= 15 is 0 Å². The number of aryl methyl sites for hydroxylation is 4. The van der Waals surface area contributed by atoms with Gasteiger partial charge in [0.1, 0.15) is 6.61 Å². The Kier molecular flexibility index (Phi) is 6.99. The fourth-order valence-corrected chi connectivity index (χ4v) is 3.97. The van der Waals surface area contributed by atoms with Gasteiger partial charge in [0.25, 0.3) is 0 Å². The lowest BCUT2D eigenvalue weighted by Gasteiger charge is -2.18. The molecule has 0 saturated carbocycles. The molecule has 1 aromatic carbocycles. The number of carbonyl (C=O) groups excluding carboxylic acids is 2. The molecule has 8 heteroatoms. The van der Waals surface area contributed by atoms with Crippen LogP contribution in [0.15, 0.2) is 35.7 Å². The van der Waals surface area contributed by atoms with Crippen LogP contribution in [0.25, 0.3) is 0 Å². The molecule has 0 aliphatic rings. The number of amides is 1. The molecule has 158 valence electrons. The summed E-state index contributed by atoms with van der Waals surface area (Å²) in [7, 11) is 0. The molecule has 7 nitrogen and oxygen atoms in total. The standard InChI is InChI=1S/C22H26N4O3S/c1-5-18-6-8-20(9-7-18)26(17(4)27)22-23-19(14-30-22)13-29-21(28)10-11-25-16(3)12-15(2)24-25/h6-9,12,14H,5,10-11,13H2,1-4H3. The predicted molar refractivity (Wildman–Crippen MR) is 117 cm³/mol. The Labute approximate surface area is 180 Å². The maximum Gasteiger partial charge on any atom is 0.308 e. The van der Waals surface area contributed by atoms with Gasteiger partial charge in [-0.25, -0.2) is 4.98 Å². The summed E-state index contributed by atoms with van der Waals surface area (Å²) in [4.78, 5) is 30.4. The van der Waals surface area contributed by atoms with Crippen molar-refractivity contribution in [2.24, 2.45) is 0 Å². The van der Waals surface area contributed by atoms with Crippen molar-refractivity contribution >= 4 is 34.0 Å². The molecule has 0 radical (unpaired) electrons. The number of benzene rings is 1. The first-order chi connectivity index (χ1) is 14.4. The maximum absolute atomic E-state index is 12.2. The normalized spacial score (nSPS) is 10.8. The van der Waals surface area contributed by atoms with Crippen LogP contribution in [0.4, 0.5) is 10.8 Å². The molecular formula is C22H26N4O3S. The van der Waals surface area contributed by atoms with Crippen LogP contribution in [0, 0.1) is 13.8 Å². The summed E-state index contributed by atoms with van der Waals surface area (Å²) in [6.07, 6.45) is 1.18. The summed E-state index contributed by atoms with van der Waals surface area (Å²) in [6, 6.07) is 9.81. The van der Waals surface area contributed by atoms with Crippen LogP contribution in [-0.2, 0) is 33.9 Å². The number of carbonyl (C=O) groups is 2. The lowest BCUT2D eigenvalue weighted by molar-refractivity contribution is -0.145. The minimum absolute atomic E-state index is 0.0764. The Morgan fingerprint density at radius 1 is 1.20 bits per heavy atom. The quantitative estimate of drug-likeness (QED) is 0.501. The summed E-state index contributed by atoms with van der Waals surface area (Å²) >= 11 is 1.35. The topological polar surface area (TPSA) is 77.3 Å². The van der Waals surface area contributed by atoms with Gasteiger partial charge >= 0.3 is 5.97 Å². The van der Waals surface area contributed by atoms with Gasteiger partial charge in [0.05, 0.1) is 30.0 Å². The summed E-state index contributed by atoms with van der Waals surface area (Å²) in [6.45, 7) is 8.03. The fourth-order valence-electron chi connectivity index (χ4n) is 3.10. The van der Waals surface area contributed by atoms with Gasteiger partial charge in [-0.15, -0.1) is 11.3 Å². The third kappa shape index (κ3) is 5.33. The van der Waals surface area contributed by atoms with Crippen molar-refractivity contribution in [2.75, 3.05) is 4.90 Å². The van der Waals surface area contributed by atoms with Crippen molar-refractivity contribution in [3.63, 3.8) is 0 Å². The maximum atomic E-state index is 12.2. The first kappa shape index (κ1) is 21.7. The first-order valence-electron chi connectivity index (χ1n) is 9.88. The highest BCUT2D eigenvalue weighted by molar-refractivity contribution is 7.14. The van der Waals surface area contributed by atoms with E-state index in [9.17, 15) is 9.59 Å². The highest BCUT2D eigenvalue weighted by atomic mass is 32.1. The van der Waals surface area contributed by atoms with Crippen LogP contribution in [0.1, 0.15) is 42.9 Å². The molecule has 0 spiro atoms. The van der Waals surface area contributed by atoms with Gasteiger partial charge in [-0.05, 0) is 44.0 Å². The van der Waals surface area contributed by atoms with Gasteiger partial charge in [-0.2, -0.15) is 5.10 Å². The Balaban J connectivity index is 1.59. The van der Waals surface area contributed by atoms with Crippen LogP contribution in [0.2, 0.25) is 0 Å². The van der Waals surface area contributed by atoms with Crippen molar-refractivity contribution in [1.29, 1.82) is 0 Å². The molecule has 0 N–H and O–H groups in total. The van der Waals surface area contributed by atoms with Gasteiger partial charge in [-0.1, -0.05) is 19.1 Å². The van der Waals surface area contributed by atoms with E-state index in [1.54, 1.807) is 15.0 Å². The van der Waals surface area contributed by atoms with E-state index in [0.29, 0.717) is 17.4 Å². The van der Waals surface area contributed by atoms with E-state index in [0.717, 1.165) is 23.5 Å². The summed E-state index contributed by atoms with van der Waals surface area (Å²) in [5.41, 5.74) is 4.53. The Morgan fingerprint density at radius 3 is 2.53 bits per heavy atom. The second-order valence-electron chi connectivity index (χ2n) is 7.06. The zero-order valence-corrected chi connectivity index (χ0v) is 18.5. The predicted octanol–water partition coefficient (Wildman–Crippen LogP) is 4.34. The van der Waals surface area contributed by atoms with Crippen molar-refractivity contribution in [2.45, 2.75) is 53.7 Å². The molecule has 0 atom stereocenters. The van der Waals surface area contributed by atoms with E-state index in [1.807, 2.05) is 44.2 Å². The van der Waals surface area contributed by atoms with Crippen molar-refractivity contribution in [1.82, 2.24) is 14.8 Å². The zero-order chi connectivity index (χ0) is 21.7. The molecule has 0 unspecified atom stereocenters. The third-order valence-electron chi connectivity index (χ3n) is 4.66. The van der Waals surface area contributed by atoms with E-state index in [2.05, 4.69) is 17.0 Å². The van der Waals surface area contributed by atoms with Gasteiger partial charge in [0.15, 0.2) is 5.13 Å². The molecule has 3 aromatic rings.